The second-order valence-corrected chi connectivity index (χ2v) is 6.85. The van der Waals surface area contributed by atoms with E-state index in [-0.39, 0.29) is 0 Å². The first-order valence-corrected chi connectivity index (χ1v) is 7.63. The van der Waals surface area contributed by atoms with Gasteiger partial charge in [-0.3, -0.25) is 0 Å². The molecule has 0 aromatic heterocycles. The molecule has 0 bridgehead atoms. The van der Waals surface area contributed by atoms with E-state index in [1.54, 1.807) is 14.0 Å². The fraction of sp³-hybridized carbons (Fsp3) is 0.538. The van der Waals surface area contributed by atoms with Crippen LogP contribution >= 0.6 is 0 Å². The first-order chi connectivity index (χ1) is 8.84. The van der Waals surface area contributed by atoms with E-state index >= 15 is 0 Å². The average Bonchev–Trinajstić information content (AvgIpc) is 2.36. The number of benzene rings is 1. The van der Waals surface area contributed by atoms with Gasteiger partial charge in [0.15, 0.2) is 0 Å². The summed E-state index contributed by atoms with van der Waals surface area (Å²) in [4.78, 5) is 0. The van der Waals surface area contributed by atoms with Crippen molar-refractivity contribution in [1.82, 2.24) is 8.61 Å². The molecule has 0 saturated heterocycles. The van der Waals surface area contributed by atoms with Crippen LogP contribution in [0.5, 0.6) is 0 Å². The van der Waals surface area contributed by atoms with Crippen LogP contribution in [0, 0.1) is 0 Å². The lowest BCUT2D eigenvalue weighted by molar-refractivity contribution is 0.176. The van der Waals surface area contributed by atoms with Crippen molar-refractivity contribution in [1.29, 1.82) is 0 Å². The van der Waals surface area contributed by atoms with Gasteiger partial charge >= 0.3 is 0 Å². The van der Waals surface area contributed by atoms with Crippen molar-refractivity contribution in [2.75, 3.05) is 20.6 Å². The standard InChI is InChI=1S/C13H22N2O3S/c1-12(16)9-10-14(2)19(17,18)15(3)11-13-7-5-4-6-8-13/h4-8,12,16H,9-11H2,1-3H3. The minimum atomic E-state index is -3.48. The molecule has 6 heteroatoms. The van der Waals surface area contributed by atoms with Crippen molar-refractivity contribution in [3.8, 4) is 0 Å². The molecule has 0 amide bonds. The van der Waals surface area contributed by atoms with E-state index in [1.165, 1.54) is 15.7 Å². The molecule has 1 aromatic rings. The summed E-state index contributed by atoms with van der Waals surface area (Å²) in [6, 6.07) is 9.44. The second kappa shape index (κ2) is 7.00. The zero-order valence-corrected chi connectivity index (χ0v) is 12.5. The van der Waals surface area contributed by atoms with Crippen LogP contribution in [-0.2, 0) is 16.8 Å². The van der Waals surface area contributed by atoms with Crippen molar-refractivity contribution in [2.24, 2.45) is 0 Å². The van der Waals surface area contributed by atoms with Crippen LogP contribution in [0.15, 0.2) is 30.3 Å². The summed E-state index contributed by atoms with van der Waals surface area (Å²) in [5.41, 5.74) is 0.942. The Morgan fingerprint density at radius 1 is 1.16 bits per heavy atom. The molecule has 0 heterocycles. The smallest absolute Gasteiger partial charge is 0.281 e. The van der Waals surface area contributed by atoms with Crippen LogP contribution in [0.25, 0.3) is 0 Å². The van der Waals surface area contributed by atoms with E-state index in [0.29, 0.717) is 19.5 Å². The molecular weight excluding hydrogens is 264 g/mol. The highest BCUT2D eigenvalue weighted by Crippen LogP contribution is 2.10. The number of aliphatic hydroxyl groups excluding tert-OH is 1. The molecule has 1 unspecified atom stereocenters. The maximum absolute atomic E-state index is 12.2. The third kappa shape index (κ3) is 4.91. The zero-order valence-electron chi connectivity index (χ0n) is 11.7. The van der Waals surface area contributed by atoms with Crippen LogP contribution in [0.2, 0.25) is 0 Å². The predicted molar refractivity (Wildman–Crippen MR) is 75.8 cm³/mol. The van der Waals surface area contributed by atoms with Gasteiger partial charge in [-0.1, -0.05) is 30.3 Å². The molecule has 0 aliphatic rings. The fourth-order valence-electron chi connectivity index (χ4n) is 1.64. The molecule has 1 rings (SSSR count). The maximum atomic E-state index is 12.2. The van der Waals surface area contributed by atoms with Gasteiger partial charge < -0.3 is 5.11 Å². The molecular formula is C13H22N2O3S. The van der Waals surface area contributed by atoms with Crippen LogP contribution < -0.4 is 0 Å². The summed E-state index contributed by atoms with van der Waals surface area (Å²) >= 11 is 0. The predicted octanol–water partition coefficient (Wildman–Crippen LogP) is 1.07. The topological polar surface area (TPSA) is 60.9 Å². The Morgan fingerprint density at radius 2 is 1.74 bits per heavy atom. The van der Waals surface area contributed by atoms with Gasteiger partial charge in [0.05, 0.1) is 6.10 Å². The molecule has 5 nitrogen and oxygen atoms in total. The molecule has 0 radical (unpaired) electrons. The first-order valence-electron chi connectivity index (χ1n) is 6.23. The highest BCUT2D eigenvalue weighted by molar-refractivity contribution is 7.86. The first kappa shape index (κ1) is 16.1. The molecule has 1 aromatic carbocycles. The van der Waals surface area contributed by atoms with Crippen LogP contribution in [0.4, 0.5) is 0 Å². The minimum absolute atomic E-state index is 0.305. The van der Waals surface area contributed by atoms with Crippen LogP contribution in [0.3, 0.4) is 0 Å². The monoisotopic (exact) mass is 286 g/mol. The molecule has 1 atom stereocenters. The molecule has 19 heavy (non-hydrogen) atoms. The zero-order chi connectivity index (χ0) is 14.5. The Morgan fingerprint density at radius 3 is 2.26 bits per heavy atom. The normalized spacial score (nSPS) is 14.0. The molecule has 0 aliphatic heterocycles. The minimum Gasteiger partial charge on any atom is -0.393 e. The Hall–Kier alpha value is -0.950. The van der Waals surface area contributed by atoms with E-state index in [4.69, 9.17) is 0 Å². The fourth-order valence-corrected chi connectivity index (χ4v) is 2.77. The van der Waals surface area contributed by atoms with Crippen LogP contribution in [0.1, 0.15) is 18.9 Å². The maximum Gasteiger partial charge on any atom is 0.281 e. The molecule has 108 valence electrons. The van der Waals surface area contributed by atoms with E-state index in [1.807, 2.05) is 30.3 Å². The summed E-state index contributed by atoms with van der Waals surface area (Å²) in [7, 11) is -0.394. The van der Waals surface area contributed by atoms with Gasteiger partial charge in [0.2, 0.25) is 0 Å². The number of rotatable bonds is 7. The molecule has 0 fully saturated rings. The Kier molecular flexibility index (Phi) is 5.93. The van der Waals surface area contributed by atoms with Crippen molar-refractivity contribution < 1.29 is 13.5 Å². The van der Waals surface area contributed by atoms with E-state index in [9.17, 15) is 13.5 Å². The van der Waals surface area contributed by atoms with Crippen LogP contribution in [-0.4, -0.2) is 48.9 Å². The summed E-state index contributed by atoms with van der Waals surface area (Å²) in [5, 5.41) is 9.21. The van der Waals surface area contributed by atoms with Gasteiger partial charge in [0, 0.05) is 27.2 Å². The molecule has 0 aliphatic carbocycles. The van der Waals surface area contributed by atoms with Gasteiger partial charge in [0.1, 0.15) is 0 Å². The van der Waals surface area contributed by atoms with Crippen molar-refractivity contribution in [3.63, 3.8) is 0 Å². The third-order valence-corrected chi connectivity index (χ3v) is 4.78. The lowest BCUT2D eigenvalue weighted by Crippen LogP contribution is -2.40. The third-order valence-electron chi connectivity index (χ3n) is 2.90. The highest BCUT2D eigenvalue weighted by atomic mass is 32.2. The summed E-state index contributed by atoms with van der Waals surface area (Å²) in [5.74, 6) is 0. The van der Waals surface area contributed by atoms with Gasteiger partial charge in [0.25, 0.3) is 10.2 Å². The van der Waals surface area contributed by atoms with Gasteiger partial charge in [-0.2, -0.15) is 17.0 Å². The SMILES string of the molecule is CC(O)CCN(C)S(=O)(=O)N(C)Cc1ccccc1. The van der Waals surface area contributed by atoms with E-state index in [2.05, 4.69) is 0 Å². The number of aliphatic hydroxyl groups is 1. The number of nitrogens with zero attached hydrogens (tertiary/aromatic N) is 2. The quantitative estimate of drug-likeness (QED) is 0.815. The Balaban J connectivity index is 2.66. The average molecular weight is 286 g/mol. The number of hydrogen-bond acceptors (Lipinski definition) is 3. The second-order valence-electron chi connectivity index (χ2n) is 4.71. The lowest BCUT2D eigenvalue weighted by Gasteiger charge is -2.24. The number of hydrogen-bond donors (Lipinski definition) is 1. The van der Waals surface area contributed by atoms with E-state index < -0.39 is 16.3 Å². The summed E-state index contributed by atoms with van der Waals surface area (Å²) in [6.45, 7) is 2.29. The van der Waals surface area contributed by atoms with Gasteiger partial charge in [-0.05, 0) is 18.9 Å². The van der Waals surface area contributed by atoms with Gasteiger partial charge in [-0.25, -0.2) is 0 Å². The molecule has 0 saturated carbocycles. The molecule has 1 N–H and O–H groups in total. The Bertz CT molecular complexity index is 474. The van der Waals surface area contributed by atoms with Crippen molar-refractivity contribution >= 4 is 10.2 Å². The van der Waals surface area contributed by atoms with E-state index in [0.717, 1.165) is 5.56 Å². The summed E-state index contributed by atoms with van der Waals surface area (Å²) < 4.78 is 27.0. The highest BCUT2D eigenvalue weighted by Gasteiger charge is 2.23. The Labute approximate surface area is 115 Å². The largest absolute Gasteiger partial charge is 0.393 e. The van der Waals surface area contributed by atoms with Crippen molar-refractivity contribution in [3.05, 3.63) is 35.9 Å². The molecule has 0 spiro atoms. The van der Waals surface area contributed by atoms with Crippen molar-refractivity contribution in [2.45, 2.75) is 26.0 Å². The lowest BCUT2D eigenvalue weighted by atomic mass is 10.2. The van der Waals surface area contributed by atoms with Gasteiger partial charge in [-0.15, -0.1) is 0 Å². The summed E-state index contributed by atoms with van der Waals surface area (Å²) in [6.07, 6.45) is -0.0772.